The Morgan fingerprint density at radius 1 is 1.54 bits per heavy atom. The van der Waals surface area contributed by atoms with Crippen LogP contribution < -0.4 is 0 Å². The number of aryl methyl sites for hydroxylation is 2. The third-order valence-corrected chi connectivity index (χ3v) is 2.39. The predicted molar refractivity (Wildman–Crippen MR) is 43.3 cm³/mol. The fraction of sp³-hybridized carbons (Fsp3) is 0.571. The molecule has 0 aliphatic carbocycles. The summed E-state index contributed by atoms with van der Waals surface area (Å²) in [7, 11) is 1.48. The minimum atomic E-state index is -4.26. The molecule has 2 nitrogen and oxygen atoms in total. The van der Waals surface area contributed by atoms with Crippen LogP contribution in [0.25, 0.3) is 0 Å². The van der Waals surface area contributed by atoms with E-state index in [0.717, 1.165) is 0 Å². The fourth-order valence-corrected chi connectivity index (χ4v) is 1.60. The van der Waals surface area contributed by atoms with Crippen LogP contribution in [-0.4, -0.2) is 15.3 Å². The van der Waals surface area contributed by atoms with Crippen LogP contribution in [0.15, 0.2) is 5.03 Å². The van der Waals surface area contributed by atoms with Crippen LogP contribution in [0.1, 0.15) is 12.5 Å². The molecule has 1 aromatic rings. The summed E-state index contributed by atoms with van der Waals surface area (Å²) < 4.78 is 37.3. The van der Waals surface area contributed by atoms with Gasteiger partial charge in [-0.15, -0.1) is 0 Å². The lowest BCUT2D eigenvalue weighted by molar-refractivity contribution is -0.0331. The average Bonchev–Trinajstić information content (AvgIpc) is 2.30. The summed E-state index contributed by atoms with van der Waals surface area (Å²) >= 11 is -0.146. The number of halogens is 3. The summed E-state index contributed by atoms with van der Waals surface area (Å²) in [6.45, 7) is 1.77. The fourth-order valence-electron chi connectivity index (χ4n) is 0.891. The van der Waals surface area contributed by atoms with Crippen molar-refractivity contribution < 1.29 is 13.2 Å². The van der Waals surface area contributed by atoms with E-state index in [9.17, 15) is 13.2 Å². The number of alkyl halides is 3. The molecule has 0 fully saturated rings. The first kappa shape index (κ1) is 10.4. The maximum absolute atomic E-state index is 12.0. The standard InChI is InChI=1S/C7H8F3N2S/c1-3-5-4-11-12(2)6(5)13-7(8,9)10/h3H2,1-2H3. The summed E-state index contributed by atoms with van der Waals surface area (Å²) in [5, 5.41) is 3.76. The van der Waals surface area contributed by atoms with E-state index < -0.39 is 5.51 Å². The summed E-state index contributed by atoms with van der Waals surface area (Å²) in [6.07, 6.45) is 3.04. The number of hydrogen-bond donors (Lipinski definition) is 0. The second kappa shape index (κ2) is 3.61. The van der Waals surface area contributed by atoms with Gasteiger partial charge < -0.3 is 0 Å². The molecule has 0 saturated heterocycles. The van der Waals surface area contributed by atoms with Gasteiger partial charge >= 0.3 is 5.51 Å². The lowest BCUT2D eigenvalue weighted by Gasteiger charge is -2.06. The Balaban J connectivity index is 2.92. The maximum Gasteiger partial charge on any atom is 0.447 e. The van der Waals surface area contributed by atoms with Gasteiger partial charge in [-0.25, -0.2) is 0 Å². The Labute approximate surface area is 78.1 Å². The van der Waals surface area contributed by atoms with Crippen LogP contribution in [0.3, 0.4) is 0 Å². The first-order chi connectivity index (χ1) is 5.94. The Hall–Kier alpha value is -0.650. The van der Waals surface area contributed by atoms with Gasteiger partial charge in [-0.05, 0) is 6.42 Å². The molecule has 0 saturated carbocycles. The number of aromatic nitrogens is 2. The van der Waals surface area contributed by atoms with Crippen LogP contribution >= 0.6 is 11.8 Å². The van der Waals surface area contributed by atoms with Crippen molar-refractivity contribution in [3.63, 3.8) is 0 Å². The van der Waals surface area contributed by atoms with Gasteiger partial charge in [0, 0.05) is 24.4 Å². The van der Waals surface area contributed by atoms with Crippen molar-refractivity contribution in [1.82, 2.24) is 9.78 Å². The monoisotopic (exact) mass is 209 g/mol. The first-order valence-electron chi connectivity index (χ1n) is 3.63. The van der Waals surface area contributed by atoms with Crippen LogP contribution in [0, 0.1) is 6.20 Å². The average molecular weight is 209 g/mol. The lowest BCUT2D eigenvalue weighted by Crippen LogP contribution is -2.04. The number of hydrogen-bond acceptors (Lipinski definition) is 2. The Morgan fingerprint density at radius 2 is 2.15 bits per heavy atom. The molecule has 0 spiro atoms. The largest absolute Gasteiger partial charge is 0.447 e. The Kier molecular flexibility index (Phi) is 2.90. The smallest absolute Gasteiger partial charge is 0.261 e. The Bertz CT molecular complexity index is 292. The first-order valence-corrected chi connectivity index (χ1v) is 4.45. The highest BCUT2D eigenvalue weighted by molar-refractivity contribution is 8.00. The highest BCUT2D eigenvalue weighted by Crippen LogP contribution is 2.38. The molecule has 1 radical (unpaired) electrons. The third-order valence-electron chi connectivity index (χ3n) is 1.45. The van der Waals surface area contributed by atoms with Crippen LogP contribution in [0.2, 0.25) is 0 Å². The minimum absolute atomic E-state index is 0.120. The van der Waals surface area contributed by atoms with E-state index in [1.165, 1.54) is 11.7 Å². The zero-order chi connectivity index (χ0) is 10.1. The van der Waals surface area contributed by atoms with Gasteiger partial charge in [0.25, 0.3) is 0 Å². The van der Waals surface area contributed by atoms with Gasteiger partial charge in [0.05, 0.1) is 0 Å². The van der Waals surface area contributed by atoms with Crippen LogP contribution in [0.4, 0.5) is 13.2 Å². The molecule has 0 aromatic carbocycles. The summed E-state index contributed by atoms with van der Waals surface area (Å²) in [5.41, 5.74) is -3.75. The van der Waals surface area contributed by atoms with Crippen molar-refractivity contribution in [2.24, 2.45) is 7.05 Å². The number of nitrogens with zero attached hydrogens (tertiary/aromatic N) is 2. The highest BCUT2D eigenvalue weighted by Gasteiger charge is 2.32. The van der Waals surface area contributed by atoms with Crippen molar-refractivity contribution in [1.29, 1.82) is 0 Å². The molecule has 0 unspecified atom stereocenters. The van der Waals surface area contributed by atoms with E-state index in [2.05, 4.69) is 11.3 Å². The molecule has 0 aliphatic rings. The number of thioether (sulfide) groups is 1. The zero-order valence-corrected chi connectivity index (χ0v) is 7.96. The van der Waals surface area contributed by atoms with E-state index in [4.69, 9.17) is 0 Å². The van der Waals surface area contributed by atoms with E-state index in [0.29, 0.717) is 12.0 Å². The molecule has 0 N–H and O–H groups in total. The molecular formula is C7H8F3N2S. The molecule has 0 amide bonds. The molecular weight excluding hydrogens is 201 g/mol. The summed E-state index contributed by atoms with van der Waals surface area (Å²) in [5.74, 6) is 0. The van der Waals surface area contributed by atoms with E-state index in [1.54, 1.807) is 6.92 Å². The minimum Gasteiger partial charge on any atom is -0.261 e. The second-order valence-corrected chi connectivity index (χ2v) is 3.47. The van der Waals surface area contributed by atoms with Gasteiger partial charge in [-0.1, -0.05) is 6.92 Å². The van der Waals surface area contributed by atoms with Crippen molar-refractivity contribution in [2.45, 2.75) is 23.9 Å². The number of rotatable bonds is 2. The van der Waals surface area contributed by atoms with Gasteiger partial charge in [0.2, 0.25) is 0 Å². The SMILES string of the molecule is CCc1[c]nn(C)c1SC(F)(F)F. The van der Waals surface area contributed by atoms with Crippen molar-refractivity contribution in [3.05, 3.63) is 11.8 Å². The van der Waals surface area contributed by atoms with E-state index in [-0.39, 0.29) is 16.8 Å². The van der Waals surface area contributed by atoms with Crippen molar-refractivity contribution >= 4 is 11.8 Å². The molecule has 1 rings (SSSR count). The molecule has 1 aromatic heterocycles. The molecule has 0 bridgehead atoms. The van der Waals surface area contributed by atoms with Crippen molar-refractivity contribution in [3.8, 4) is 0 Å². The molecule has 0 aliphatic heterocycles. The zero-order valence-electron chi connectivity index (χ0n) is 7.14. The Morgan fingerprint density at radius 3 is 2.62 bits per heavy atom. The quantitative estimate of drug-likeness (QED) is 0.696. The summed E-state index contributed by atoms with van der Waals surface area (Å²) in [4.78, 5) is 0. The molecule has 13 heavy (non-hydrogen) atoms. The molecule has 1 heterocycles. The second-order valence-electron chi connectivity index (χ2n) is 2.42. The molecule has 0 atom stereocenters. The van der Waals surface area contributed by atoms with E-state index in [1.807, 2.05) is 0 Å². The summed E-state index contributed by atoms with van der Waals surface area (Å²) in [6, 6.07) is 0. The van der Waals surface area contributed by atoms with Gasteiger partial charge in [0.1, 0.15) is 11.2 Å². The van der Waals surface area contributed by atoms with E-state index >= 15 is 0 Å². The lowest BCUT2D eigenvalue weighted by atomic mass is 10.3. The van der Waals surface area contributed by atoms with Gasteiger partial charge in [-0.3, -0.25) is 4.68 Å². The van der Waals surface area contributed by atoms with Crippen LogP contribution in [0.5, 0.6) is 0 Å². The third kappa shape index (κ3) is 2.65. The van der Waals surface area contributed by atoms with Crippen LogP contribution in [-0.2, 0) is 13.5 Å². The van der Waals surface area contributed by atoms with Gasteiger partial charge in [-0.2, -0.15) is 18.3 Å². The molecule has 73 valence electrons. The molecule has 6 heteroatoms. The normalized spacial score (nSPS) is 12.1. The topological polar surface area (TPSA) is 17.8 Å². The van der Waals surface area contributed by atoms with Gasteiger partial charge in [0.15, 0.2) is 0 Å². The highest BCUT2D eigenvalue weighted by atomic mass is 32.2. The van der Waals surface area contributed by atoms with Crippen molar-refractivity contribution in [2.75, 3.05) is 0 Å². The predicted octanol–water partition coefficient (Wildman–Crippen LogP) is 2.39. The maximum atomic E-state index is 12.0.